The molecule has 0 aromatic heterocycles. The predicted molar refractivity (Wildman–Crippen MR) is 75.5 cm³/mol. The molecular weight excluding hydrogens is 318 g/mol. The number of aliphatic hydroxyl groups is 1. The smallest absolute Gasteiger partial charge is 0.154 e. The summed E-state index contributed by atoms with van der Waals surface area (Å²) >= 11 is 3.41. The predicted octanol–water partition coefficient (Wildman–Crippen LogP) is 1.56. The maximum atomic E-state index is 11.6. The zero-order valence-electron chi connectivity index (χ0n) is 10.1. The first-order chi connectivity index (χ1) is 8.43. The normalized spacial score (nSPS) is 23.1. The van der Waals surface area contributed by atoms with Crippen LogP contribution in [-0.2, 0) is 16.4 Å². The molecule has 100 valence electrons. The van der Waals surface area contributed by atoms with Crippen LogP contribution in [0.1, 0.15) is 12.5 Å². The van der Waals surface area contributed by atoms with E-state index in [1.165, 1.54) is 0 Å². The van der Waals surface area contributed by atoms with E-state index in [2.05, 4.69) is 20.8 Å². The molecule has 1 heterocycles. The SMILES string of the molecule is CC1CS(=O)(=O)CCN1c1cc(Br)ccc1CO. The Kier molecular flexibility index (Phi) is 3.99. The van der Waals surface area contributed by atoms with E-state index >= 15 is 0 Å². The van der Waals surface area contributed by atoms with Gasteiger partial charge >= 0.3 is 0 Å². The number of benzene rings is 1. The minimum Gasteiger partial charge on any atom is -0.392 e. The fraction of sp³-hybridized carbons (Fsp3) is 0.500. The van der Waals surface area contributed by atoms with Crippen molar-refractivity contribution < 1.29 is 13.5 Å². The number of nitrogens with zero attached hydrogens (tertiary/aromatic N) is 1. The van der Waals surface area contributed by atoms with Gasteiger partial charge in [-0.2, -0.15) is 0 Å². The molecule has 1 fully saturated rings. The molecule has 0 aliphatic carbocycles. The largest absolute Gasteiger partial charge is 0.392 e. The van der Waals surface area contributed by atoms with Crippen LogP contribution in [0.3, 0.4) is 0 Å². The van der Waals surface area contributed by atoms with Gasteiger partial charge in [-0.15, -0.1) is 0 Å². The molecule has 0 saturated carbocycles. The third-order valence-corrected chi connectivity index (χ3v) is 5.49. The van der Waals surface area contributed by atoms with Gasteiger partial charge in [0, 0.05) is 28.3 Å². The van der Waals surface area contributed by atoms with E-state index in [1.54, 1.807) is 0 Å². The molecule has 0 spiro atoms. The molecule has 2 rings (SSSR count). The molecule has 1 saturated heterocycles. The summed E-state index contributed by atoms with van der Waals surface area (Å²) in [6.45, 7) is 2.34. The monoisotopic (exact) mass is 333 g/mol. The van der Waals surface area contributed by atoms with Crippen LogP contribution in [0.5, 0.6) is 0 Å². The molecule has 18 heavy (non-hydrogen) atoms. The number of halogens is 1. The first-order valence-corrected chi connectivity index (χ1v) is 8.41. The Labute approximate surface area is 116 Å². The van der Waals surface area contributed by atoms with Gasteiger partial charge in [0.25, 0.3) is 0 Å². The minimum absolute atomic E-state index is 0.0431. The number of hydrogen-bond donors (Lipinski definition) is 1. The topological polar surface area (TPSA) is 57.6 Å². The second-order valence-electron chi connectivity index (χ2n) is 4.59. The quantitative estimate of drug-likeness (QED) is 0.892. The minimum atomic E-state index is -2.92. The lowest BCUT2D eigenvalue weighted by atomic mass is 10.1. The Balaban J connectivity index is 2.34. The highest BCUT2D eigenvalue weighted by molar-refractivity contribution is 9.10. The van der Waals surface area contributed by atoms with E-state index < -0.39 is 9.84 Å². The van der Waals surface area contributed by atoms with Crippen LogP contribution in [0.2, 0.25) is 0 Å². The van der Waals surface area contributed by atoms with Crippen LogP contribution in [0.25, 0.3) is 0 Å². The molecule has 4 nitrogen and oxygen atoms in total. The maximum absolute atomic E-state index is 11.6. The summed E-state index contributed by atoms with van der Waals surface area (Å²) in [5.41, 5.74) is 1.73. The molecule has 1 N–H and O–H groups in total. The summed E-state index contributed by atoms with van der Waals surface area (Å²) in [6.07, 6.45) is 0. The van der Waals surface area contributed by atoms with Gasteiger partial charge < -0.3 is 10.0 Å². The van der Waals surface area contributed by atoms with Crippen LogP contribution < -0.4 is 4.90 Å². The molecule has 1 atom stereocenters. The molecule has 6 heteroatoms. The van der Waals surface area contributed by atoms with Gasteiger partial charge in [0.1, 0.15) is 0 Å². The number of sulfone groups is 1. The number of anilines is 1. The molecule has 0 amide bonds. The second kappa shape index (κ2) is 5.19. The van der Waals surface area contributed by atoms with Crippen LogP contribution in [0, 0.1) is 0 Å². The number of rotatable bonds is 2. The van der Waals surface area contributed by atoms with Crippen LogP contribution in [0.15, 0.2) is 22.7 Å². The molecule has 0 radical (unpaired) electrons. The zero-order valence-corrected chi connectivity index (χ0v) is 12.5. The highest BCUT2D eigenvalue weighted by atomic mass is 79.9. The van der Waals surface area contributed by atoms with E-state index in [4.69, 9.17) is 0 Å². The maximum Gasteiger partial charge on any atom is 0.154 e. The van der Waals surface area contributed by atoms with Crippen molar-refractivity contribution in [2.24, 2.45) is 0 Å². The molecule has 1 unspecified atom stereocenters. The lowest BCUT2D eigenvalue weighted by Gasteiger charge is -2.36. The van der Waals surface area contributed by atoms with Gasteiger partial charge in [0.2, 0.25) is 0 Å². The third kappa shape index (κ3) is 2.87. The van der Waals surface area contributed by atoms with Crippen LogP contribution in [-0.4, -0.2) is 37.6 Å². The fourth-order valence-corrected chi connectivity index (χ4v) is 4.20. The molecular formula is C12H16BrNO3S. The Morgan fingerprint density at radius 3 is 2.83 bits per heavy atom. The lowest BCUT2D eigenvalue weighted by molar-refractivity contribution is 0.282. The van der Waals surface area contributed by atoms with E-state index in [1.807, 2.05) is 25.1 Å². The van der Waals surface area contributed by atoms with Crippen molar-refractivity contribution in [2.45, 2.75) is 19.6 Å². The summed E-state index contributed by atoms with van der Waals surface area (Å²) in [7, 11) is -2.92. The summed E-state index contributed by atoms with van der Waals surface area (Å²) < 4.78 is 24.1. The van der Waals surface area contributed by atoms with Crippen molar-refractivity contribution in [3.05, 3.63) is 28.2 Å². The van der Waals surface area contributed by atoms with Crippen LogP contribution in [0.4, 0.5) is 5.69 Å². The van der Waals surface area contributed by atoms with E-state index in [0.29, 0.717) is 6.54 Å². The van der Waals surface area contributed by atoms with Gasteiger partial charge in [0.05, 0.1) is 18.1 Å². The Bertz CT molecular complexity index is 544. The van der Waals surface area contributed by atoms with Gasteiger partial charge in [0.15, 0.2) is 9.84 Å². The Morgan fingerprint density at radius 2 is 2.22 bits per heavy atom. The number of hydrogen-bond acceptors (Lipinski definition) is 4. The average molecular weight is 334 g/mol. The van der Waals surface area contributed by atoms with Crippen molar-refractivity contribution in [1.29, 1.82) is 0 Å². The summed E-state index contributed by atoms with van der Waals surface area (Å²) in [6, 6.07) is 5.60. The molecule has 1 aliphatic heterocycles. The van der Waals surface area contributed by atoms with Crippen molar-refractivity contribution in [2.75, 3.05) is 23.0 Å². The summed E-state index contributed by atoms with van der Waals surface area (Å²) in [5.74, 6) is 0.346. The van der Waals surface area contributed by atoms with Crippen molar-refractivity contribution in [3.63, 3.8) is 0 Å². The van der Waals surface area contributed by atoms with E-state index in [9.17, 15) is 13.5 Å². The summed E-state index contributed by atoms with van der Waals surface area (Å²) in [5, 5.41) is 9.37. The Hall–Kier alpha value is -0.590. The third-order valence-electron chi connectivity index (χ3n) is 3.20. The second-order valence-corrected chi connectivity index (χ2v) is 7.73. The highest BCUT2D eigenvalue weighted by Gasteiger charge is 2.29. The van der Waals surface area contributed by atoms with Crippen molar-refractivity contribution in [3.8, 4) is 0 Å². The van der Waals surface area contributed by atoms with Crippen molar-refractivity contribution >= 4 is 31.5 Å². The molecule has 1 aromatic carbocycles. The first-order valence-electron chi connectivity index (χ1n) is 5.79. The molecule has 1 aromatic rings. The van der Waals surface area contributed by atoms with Crippen molar-refractivity contribution in [1.82, 2.24) is 0 Å². The average Bonchev–Trinajstić information content (AvgIpc) is 2.28. The van der Waals surface area contributed by atoms with E-state index in [0.717, 1.165) is 15.7 Å². The summed E-state index contributed by atoms with van der Waals surface area (Å²) in [4.78, 5) is 2.05. The van der Waals surface area contributed by atoms with Gasteiger partial charge in [-0.05, 0) is 19.1 Å². The standard InChI is InChI=1S/C12H16BrNO3S/c1-9-8-18(16,17)5-4-14(9)12-6-11(13)3-2-10(12)7-15/h2-3,6,9,15H,4-5,7-8H2,1H3. The van der Waals surface area contributed by atoms with Gasteiger partial charge in [-0.1, -0.05) is 22.0 Å². The van der Waals surface area contributed by atoms with Gasteiger partial charge in [-0.25, -0.2) is 8.42 Å². The molecule has 1 aliphatic rings. The number of aliphatic hydroxyl groups excluding tert-OH is 1. The lowest BCUT2D eigenvalue weighted by Crippen LogP contribution is -2.47. The van der Waals surface area contributed by atoms with Crippen LogP contribution >= 0.6 is 15.9 Å². The fourth-order valence-electron chi connectivity index (χ4n) is 2.29. The molecule has 0 bridgehead atoms. The van der Waals surface area contributed by atoms with E-state index in [-0.39, 0.29) is 24.2 Å². The highest BCUT2D eigenvalue weighted by Crippen LogP contribution is 2.28. The Morgan fingerprint density at radius 1 is 1.50 bits per heavy atom. The zero-order chi connectivity index (χ0) is 13.3. The first kappa shape index (κ1) is 13.8. The van der Waals surface area contributed by atoms with Gasteiger partial charge in [-0.3, -0.25) is 0 Å².